The van der Waals surface area contributed by atoms with Crippen molar-refractivity contribution in [3.05, 3.63) is 45.4 Å². The number of hydrogen-bond donors (Lipinski definition) is 2. The third-order valence-electron chi connectivity index (χ3n) is 3.98. The van der Waals surface area contributed by atoms with Gasteiger partial charge in [-0.1, -0.05) is 0 Å². The first-order chi connectivity index (χ1) is 14.1. The highest BCUT2D eigenvalue weighted by Gasteiger charge is 2.41. The third kappa shape index (κ3) is 4.70. The Balaban J connectivity index is 2.50. The predicted molar refractivity (Wildman–Crippen MR) is 97.9 cm³/mol. The average molecular weight is 533 g/mol. The van der Waals surface area contributed by atoms with Gasteiger partial charge in [-0.3, -0.25) is 4.79 Å². The fourth-order valence-electron chi connectivity index (χ4n) is 2.37. The van der Waals surface area contributed by atoms with Crippen molar-refractivity contribution in [1.82, 2.24) is 9.29 Å². The van der Waals surface area contributed by atoms with E-state index in [4.69, 9.17) is 5.26 Å². The van der Waals surface area contributed by atoms with E-state index in [1.54, 1.807) is 0 Å². The van der Waals surface area contributed by atoms with Crippen LogP contribution in [0.15, 0.2) is 21.6 Å². The van der Waals surface area contributed by atoms with Crippen LogP contribution in [0, 0.1) is 28.8 Å². The normalized spacial score (nSPS) is 13.0. The Kier molecular flexibility index (Phi) is 6.79. The molecular formula is C16H11BrF6N4O3S. The number of nitriles is 1. The number of nitrogens with zero attached hydrogens (tertiary/aromatic N) is 2. The molecule has 7 nitrogen and oxygen atoms in total. The largest absolute Gasteiger partial charge is 0.404 e. The Morgan fingerprint density at radius 1 is 1.23 bits per heavy atom. The Morgan fingerprint density at radius 2 is 1.81 bits per heavy atom. The maximum Gasteiger partial charge on any atom is 0.404 e. The molecule has 0 fully saturated rings. The molecule has 0 radical (unpaired) electrons. The molecule has 2 rings (SSSR count). The Hall–Kier alpha value is -2.57. The highest BCUT2D eigenvalue weighted by molar-refractivity contribution is 9.10. The molecule has 0 saturated heterocycles. The Bertz CT molecular complexity index is 1200. The second-order valence-electron chi connectivity index (χ2n) is 6.08. The summed E-state index contributed by atoms with van der Waals surface area (Å²) in [5, 5.41) is 10.6. The number of rotatable bonds is 5. The lowest BCUT2D eigenvalue weighted by Crippen LogP contribution is -2.43. The van der Waals surface area contributed by atoms with Gasteiger partial charge in [-0.05, 0) is 35.0 Å². The van der Waals surface area contributed by atoms with Gasteiger partial charge >= 0.3 is 6.18 Å². The molecule has 1 atom stereocenters. The van der Waals surface area contributed by atoms with Crippen molar-refractivity contribution >= 4 is 37.5 Å². The van der Waals surface area contributed by atoms with Gasteiger partial charge in [0.2, 0.25) is 10.0 Å². The van der Waals surface area contributed by atoms with Crippen LogP contribution in [0.25, 0.3) is 0 Å². The van der Waals surface area contributed by atoms with Crippen LogP contribution in [0.1, 0.15) is 23.0 Å². The summed E-state index contributed by atoms with van der Waals surface area (Å²) < 4.78 is 106. The van der Waals surface area contributed by atoms with Crippen molar-refractivity contribution in [2.24, 2.45) is 7.05 Å². The number of halogens is 7. The van der Waals surface area contributed by atoms with Crippen LogP contribution in [-0.4, -0.2) is 31.1 Å². The first-order valence-corrected chi connectivity index (χ1v) is 10.2. The van der Waals surface area contributed by atoms with Crippen molar-refractivity contribution in [3.8, 4) is 6.07 Å². The van der Waals surface area contributed by atoms with Crippen molar-refractivity contribution < 1.29 is 39.6 Å². The second-order valence-corrected chi connectivity index (χ2v) is 8.48. The summed E-state index contributed by atoms with van der Waals surface area (Å²) in [5.41, 5.74) is -2.73. The van der Waals surface area contributed by atoms with E-state index < -0.39 is 72.0 Å². The molecule has 0 aliphatic rings. The summed E-state index contributed by atoms with van der Waals surface area (Å²) in [6.07, 6.45) is -4.97. The fraction of sp³-hybridized carbons (Fsp3) is 0.250. The number of nitrogens with one attached hydrogen (secondary N) is 2. The Labute approximate surface area is 179 Å². The van der Waals surface area contributed by atoms with Crippen molar-refractivity contribution in [1.29, 1.82) is 5.26 Å². The van der Waals surface area contributed by atoms with E-state index in [0.29, 0.717) is 17.6 Å². The van der Waals surface area contributed by atoms with Crippen LogP contribution in [0.2, 0.25) is 0 Å². The van der Waals surface area contributed by atoms with Gasteiger partial charge in [0.1, 0.15) is 33.8 Å². The lowest BCUT2D eigenvalue weighted by atomic mass is 10.2. The number of benzene rings is 1. The average Bonchev–Trinajstić information content (AvgIpc) is 2.86. The number of aromatic nitrogens is 1. The molecule has 0 saturated carbocycles. The molecule has 1 amide bonds. The number of hydrogen-bond acceptors (Lipinski definition) is 4. The van der Waals surface area contributed by atoms with Crippen LogP contribution in [-0.2, 0) is 17.1 Å². The van der Waals surface area contributed by atoms with Gasteiger partial charge in [0, 0.05) is 7.05 Å². The van der Waals surface area contributed by atoms with Gasteiger partial charge in [-0.25, -0.2) is 21.6 Å². The quantitative estimate of drug-likeness (QED) is 0.574. The number of anilines is 1. The number of amides is 1. The summed E-state index contributed by atoms with van der Waals surface area (Å²) in [6, 6.07) is 0.0644. The molecule has 0 aliphatic heterocycles. The van der Waals surface area contributed by atoms with Crippen molar-refractivity contribution in [2.75, 3.05) is 5.32 Å². The molecule has 0 aliphatic carbocycles. The van der Waals surface area contributed by atoms with Gasteiger partial charge in [0.15, 0.2) is 16.5 Å². The van der Waals surface area contributed by atoms with Crippen molar-refractivity contribution in [2.45, 2.75) is 24.0 Å². The third-order valence-corrected chi connectivity index (χ3v) is 6.75. The molecule has 15 heteroatoms. The van der Waals surface area contributed by atoms with E-state index in [0.717, 1.165) is 13.1 Å². The minimum atomic E-state index is -5.10. The molecule has 0 spiro atoms. The van der Waals surface area contributed by atoms with Gasteiger partial charge in [0.05, 0.1) is 5.69 Å². The van der Waals surface area contributed by atoms with Crippen LogP contribution in [0.5, 0.6) is 0 Å². The highest BCUT2D eigenvalue weighted by Crippen LogP contribution is 2.32. The minimum absolute atomic E-state index is 0.490. The highest BCUT2D eigenvalue weighted by atomic mass is 79.9. The summed E-state index contributed by atoms with van der Waals surface area (Å²) in [4.78, 5) is 11.2. The zero-order chi connectivity index (χ0) is 23.9. The molecular weight excluding hydrogens is 522 g/mol. The number of alkyl halides is 3. The topological polar surface area (TPSA) is 104 Å². The molecule has 1 aromatic heterocycles. The molecule has 2 N–H and O–H groups in total. The molecule has 31 heavy (non-hydrogen) atoms. The van der Waals surface area contributed by atoms with E-state index in [-0.39, 0.29) is 0 Å². The lowest BCUT2D eigenvalue weighted by Gasteiger charge is -2.17. The van der Waals surface area contributed by atoms with Gasteiger partial charge in [-0.2, -0.15) is 23.2 Å². The van der Waals surface area contributed by atoms with Gasteiger partial charge in [-0.15, -0.1) is 0 Å². The van der Waals surface area contributed by atoms with Crippen LogP contribution < -0.4 is 10.0 Å². The van der Waals surface area contributed by atoms with E-state index in [9.17, 15) is 39.6 Å². The maximum absolute atomic E-state index is 14.8. The molecule has 168 valence electrons. The number of carbonyl (C=O) groups excluding carboxylic acids is 1. The monoisotopic (exact) mass is 532 g/mol. The van der Waals surface area contributed by atoms with E-state index in [1.165, 1.54) is 10.8 Å². The SMILES string of the molecule is C[C@@H](NS(=O)(=O)c1c(F)c(C(=O)Nc2ccc(F)c(C#N)c2F)n(C)c1Br)C(F)(F)F. The standard InChI is InChI=1S/C16H11BrF6N4O3S/c1-6(16(21,22)23)26-31(29,30)13-11(20)12(27(2)14(13)17)15(28)25-9-4-3-8(18)7(5-24)10(9)19/h3-4,6,26H,1-2H3,(H,25,28)/t6-/m1/s1. The second kappa shape index (κ2) is 8.52. The number of carbonyl (C=O) groups is 1. The first-order valence-electron chi connectivity index (χ1n) is 7.95. The van der Waals surface area contributed by atoms with Gasteiger partial charge in [0.25, 0.3) is 5.91 Å². The van der Waals surface area contributed by atoms with Crippen molar-refractivity contribution in [3.63, 3.8) is 0 Å². The maximum atomic E-state index is 14.8. The molecule has 1 heterocycles. The zero-order valence-corrected chi connectivity index (χ0v) is 17.8. The fourth-order valence-corrected chi connectivity index (χ4v) is 4.77. The first kappa shape index (κ1) is 24.7. The lowest BCUT2D eigenvalue weighted by molar-refractivity contribution is -0.147. The minimum Gasteiger partial charge on any atom is -0.331 e. The summed E-state index contributed by atoms with van der Waals surface area (Å²) >= 11 is 2.70. The summed E-state index contributed by atoms with van der Waals surface area (Å²) in [7, 11) is -4.09. The predicted octanol–water partition coefficient (Wildman–Crippen LogP) is 3.56. The van der Waals surface area contributed by atoms with Crippen LogP contribution >= 0.6 is 15.9 Å². The molecule has 1 aromatic carbocycles. The van der Waals surface area contributed by atoms with Crippen LogP contribution in [0.3, 0.4) is 0 Å². The van der Waals surface area contributed by atoms with Crippen LogP contribution in [0.4, 0.5) is 32.0 Å². The summed E-state index contributed by atoms with van der Waals surface area (Å²) in [5.74, 6) is -5.82. The zero-order valence-electron chi connectivity index (χ0n) is 15.4. The van der Waals surface area contributed by atoms with E-state index in [2.05, 4.69) is 15.9 Å². The molecule has 2 aromatic rings. The molecule has 0 bridgehead atoms. The molecule has 0 unspecified atom stereocenters. The van der Waals surface area contributed by atoms with E-state index in [1.807, 2.05) is 5.32 Å². The number of sulfonamides is 1. The summed E-state index contributed by atoms with van der Waals surface area (Å²) in [6.45, 7) is 0.490. The van der Waals surface area contributed by atoms with Gasteiger partial charge < -0.3 is 9.88 Å². The van der Waals surface area contributed by atoms with E-state index >= 15 is 0 Å². The smallest absolute Gasteiger partial charge is 0.331 e. The Morgan fingerprint density at radius 3 is 2.32 bits per heavy atom.